The molecule has 2 atom stereocenters. The fourth-order valence-electron chi connectivity index (χ4n) is 1.73. The second-order valence-electron chi connectivity index (χ2n) is 3.62. The Hall–Kier alpha value is -0.610. The van der Waals surface area contributed by atoms with Crippen LogP contribution in [0.5, 0.6) is 0 Å². The Morgan fingerprint density at radius 2 is 2.31 bits per heavy atom. The predicted molar refractivity (Wildman–Crippen MR) is 46.1 cm³/mol. The van der Waals surface area contributed by atoms with E-state index in [1.807, 2.05) is 0 Å². The number of esters is 1. The maximum Gasteiger partial charge on any atom is 0.308 e. The van der Waals surface area contributed by atoms with E-state index >= 15 is 0 Å². The zero-order valence-corrected chi connectivity index (χ0v) is 7.82. The van der Waals surface area contributed by atoms with Crippen molar-refractivity contribution in [1.29, 1.82) is 0 Å². The van der Waals surface area contributed by atoms with Gasteiger partial charge in [0.05, 0.1) is 19.6 Å². The smallest absolute Gasteiger partial charge is 0.308 e. The van der Waals surface area contributed by atoms with Crippen LogP contribution in [0.3, 0.4) is 0 Å². The first-order chi connectivity index (χ1) is 6.08. The third kappa shape index (κ3) is 2.42. The fraction of sp³-hybridized carbons (Fsp3) is 0.889. The average molecular weight is 188 g/mol. The molecule has 0 heterocycles. The number of rotatable bonds is 2. The lowest BCUT2D eigenvalue weighted by atomic mass is 9.80. The molecule has 0 aromatic heterocycles. The molecule has 0 aromatic carbocycles. The van der Waals surface area contributed by atoms with E-state index < -0.39 is 17.7 Å². The predicted octanol–water partition coefficient (Wildman–Crippen LogP) is 0.215. The van der Waals surface area contributed by atoms with Crippen LogP contribution in [-0.2, 0) is 9.53 Å². The normalized spacial score (nSPS) is 34.2. The molecule has 0 aromatic rings. The van der Waals surface area contributed by atoms with Gasteiger partial charge in [0.25, 0.3) is 0 Å². The van der Waals surface area contributed by atoms with Gasteiger partial charge < -0.3 is 14.9 Å². The van der Waals surface area contributed by atoms with Crippen molar-refractivity contribution in [2.24, 2.45) is 0 Å². The van der Waals surface area contributed by atoms with Crippen LogP contribution in [0, 0.1) is 0 Å². The molecular formula is C9H16O4. The molecule has 13 heavy (non-hydrogen) atoms. The van der Waals surface area contributed by atoms with Gasteiger partial charge in [0.15, 0.2) is 0 Å². The average Bonchev–Trinajstić information content (AvgIpc) is 2.10. The van der Waals surface area contributed by atoms with E-state index in [9.17, 15) is 15.0 Å². The highest BCUT2D eigenvalue weighted by Gasteiger charge is 2.39. The zero-order chi connectivity index (χ0) is 9.90. The number of aliphatic hydroxyl groups is 2. The molecule has 1 fully saturated rings. The third-order valence-corrected chi connectivity index (χ3v) is 2.64. The Kier molecular flexibility index (Phi) is 3.27. The third-order valence-electron chi connectivity index (χ3n) is 2.64. The summed E-state index contributed by atoms with van der Waals surface area (Å²) in [6.07, 6.45) is 1.90. The summed E-state index contributed by atoms with van der Waals surface area (Å²) in [6.45, 7) is 0. The van der Waals surface area contributed by atoms with Gasteiger partial charge in [-0.05, 0) is 12.8 Å². The van der Waals surface area contributed by atoms with Crippen molar-refractivity contribution in [2.75, 3.05) is 7.11 Å². The van der Waals surface area contributed by atoms with Gasteiger partial charge in [-0.3, -0.25) is 4.79 Å². The van der Waals surface area contributed by atoms with Crippen LogP contribution in [0.15, 0.2) is 0 Å². The van der Waals surface area contributed by atoms with E-state index in [-0.39, 0.29) is 6.42 Å². The Labute approximate surface area is 77.5 Å². The van der Waals surface area contributed by atoms with Gasteiger partial charge >= 0.3 is 5.97 Å². The number of hydrogen-bond acceptors (Lipinski definition) is 4. The lowest BCUT2D eigenvalue weighted by Crippen LogP contribution is -2.46. The molecule has 76 valence electrons. The molecule has 1 aliphatic rings. The highest BCUT2D eigenvalue weighted by molar-refractivity contribution is 5.70. The molecule has 1 rings (SSSR count). The van der Waals surface area contributed by atoms with Gasteiger partial charge in [-0.25, -0.2) is 0 Å². The minimum atomic E-state index is -1.26. The molecule has 4 heteroatoms. The summed E-state index contributed by atoms with van der Waals surface area (Å²) in [5, 5.41) is 19.4. The van der Waals surface area contributed by atoms with Gasteiger partial charge in [0.2, 0.25) is 0 Å². The second kappa shape index (κ2) is 4.07. The number of carbonyl (C=O) groups is 1. The van der Waals surface area contributed by atoms with Crippen LogP contribution in [-0.4, -0.2) is 35.0 Å². The minimum Gasteiger partial charge on any atom is -0.469 e. The Balaban J connectivity index is 2.56. The Morgan fingerprint density at radius 3 is 2.85 bits per heavy atom. The van der Waals surface area contributed by atoms with E-state index in [2.05, 4.69) is 4.74 Å². The molecule has 4 nitrogen and oxygen atoms in total. The first-order valence-corrected chi connectivity index (χ1v) is 4.56. The van der Waals surface area contributed by atoms with Crippen molar-refractivity contribution in [1.82, 2.24) is 0 Å². The number of methoxy groups -OCH3 is 1. The molecule has 0 radical (unpaired) electrons. The lowest BCUT2D eigenvalue weighted by molar-refractivity contribution is -0.156. The van der Waals surface area contributed by atoms with E-state index in [1.54, 1.807) is 0 Å². The molecule has 0 saturated heterocycles. The number of carbonyl (C=O) groups excluding carboxylic acids is 1. The zero-order valence-electron chi connectivity index (χ0n) is 7.82. The van der Waals surface area contributed by atoms with Crippen molar-refractivity contribution in [2.45, 2.75) is 43.8 Å². The van der Waals surface area contributed by atoms with E-state index in [4.69, 9.17) is 0 Å². The maximum absolute atomic E-state index is 10.9. The van der Waals surface area contributed by atoms with Gasteiger partial charge in [-0.2, -0.15) is 0 Å². The van der Waals surface area contributed by atoms with Crippen LogP contribution in [0.4, 0.5) is 0 Å². The van der Waals surface area contributed by atoms with Crippen molar-refractivity contribution in [3.63, 3.8) is 0 Å². The van der Waals surface area contributed by atoms with E-state index in [0.717, 1.165) is 12.8 Å². The fourth-order valence-corrected chi connectivity index (χ4v) is 1.73. The minimum absolute atomic E-state index is 0.106. The molecule has 0 aliphatic heterocycles. The molecule has 0 spiro atoms. The van der Waals surface area contributed by atoms with Gasteiger partial charge in [0, 0.05) is 0 Å². The highest BCUT2D eigenvalue weighted by atomic mass is 16.5. The molecule has 1 saturated carbocycles. The van der Waals surface area contributed by atoms with E-state index in [1.165, 1.54) is 7.11 Å². The molecule has 0 amide bonds. The van der Waals surface area contributed by atoms with Crippen LogP contribution < -0.4 is 0 Å². The SMILES string of the molecule is COC(=O)C[C@]1(O)CCCC[C@H]1O. The summed E-state index contributed by atoms with van der Waals surface area (Å²) in [7, 11) is 1.28. The first kappa shape index (κ1) is 10.5. The quantitative estimate of drug-likeness (QED) is 0.608. The lowest BCUT2D eigenvalue weighted by Gasteiger charge is -2.35. The summed E-state index contributed by atoms with van der Waals surface area (Å²) in [4.78, 5) is 10.9. The van der Waals surface area contributed by atoms with Crippen LogP contribution in [0.2, 0.25) is 0 Å². The first-order valence-electron chi connectivity index (χ1n) is 4.56. The number of ether oxygens (including phenoxy) is 1. The summed E-state index contributed by atoms with van der Waals surface area (Å²) < 4.78 is 4.46. The molecule has 2 N–H and O–H groups in total. The van der Waals surface area contributed by atoms with Gasteiger partial charge in [-0.15, -0.1) is 0 Å². The Bertz CT molecular complexity index is 192. The van der Waals surface area contributed by atoms with Crippen LogP contribution in [0.25, 0.3) is 0 Å². The van der Waals surface area contributed by atoms with Gasteiger partial charge in [0.1, 0.15) is 5.60 Å². The topological polar surface area (TPSA) is 66.8 Å². The monoisotopic (exact) mass is 188 g/mol. The Morgan fingerprint density at radius 1 is 1.62 bits per heavy atom. The van der Waals surface area contributed by atoms with E-state index in [0.29, 0.717) is 12.8 Å². The summed E-state index contributed by atoms with van der Waals surface area (Å²) in [5.74, 6) is -0.469. The summed E-state index contributed by atoms with van der Waals surface area (Å²) >= 11 is 0. The maximum atomic E-state index is 10.9. The summed E-state index contributed by atoms with van der Waals surface area (Å²) in [6, 6.07) is 0. The van der Waals surface area contributed by atoms with Crippen molar-refractivity contribution in [3.8, 4) is 0 Å². The molecule has 0 unspecified atom stereocenters. The van der Waals surface area contributed by atoms with Crippen molar-refractivity contribution < 1.29 is 19.7 Å². The second-order valence-corrected chi connectivity index (χ2v) is 3.62. The number of hydrogen-bond donors (Lipinski definition) is 2. The van der Waals surface area contributed by atoms with Crippen LogP contribution in [0.1, 0.15) is 32.1 Å². The molecule has 0 bridgehead atoms. The molecular weight excluding hydrogens is 172 g/mol. The standard InChI is InChI=1S/C9H16O4/c1-13-8(11)6-9(12)5-3-2-4-7(9)10/h7,10,12H,2-6H2,1H3/t7-,9-/m1/s1. The molecule has 1 aliphatic carbocycles. The largest absolute Gasteiger partial charge is 0.469 e. The van der Waals surface area contributed by atoms with Gasteiger partial charge in [-0.1, -0.05) is 12.8 Å². The van der Waals surface area contributed by atoms with Crippen molar-refractivity contribution in [3.05, 3.63) is 0 Å². The summed E-state index contributed by atoms with van der Waals surface area (Å²) in [5.41, 5.74) is -1.26. The highest BCUT2D eigenvalue weighted by Crippen LogP contribution is 2.31. The van der Waals surface area contributed by atoms with Crippen LogP contribution >= 0.6 is 0 Å². The van der Waals surface area contributed by atoms with Crippen molar-refractivity contribution >= 4 is 5.97 Å². The number of aliphatic hydroxyl groups excluding tert-OH is 1.